The minimum absolute atomic E-state index is 0.458. The Morgan fingerprint density at radius 3 is 3.00 bits per heavy atom. The van der Waals surface area contributed by atoms with Gasteiger partial charge in [-0.3, -0.25) is 0 Å². The fourth-order valence-corrected chi connectivity index (χ4v) is 2.10. The van der Waals surface area contributed by atoms with Crippen molar-refractivity contribution in [3.05, 3.63) is 29.8 Å². The predicted molar refractivity (Wildman–Crippen MR) is 60.8 cm³/mol. The Bertz CT molecular complexity index is 357. The maximum atomic E-state index is 10.4. The molecule has 0 saturated carbocycles. The molecule has 0 aliphatic rings. The van der Waals surface area contributed by atoms with Crippen LogP contribution in [0.1, 0.15) is 5.56 Å². The Morgan fingerprint density at radius 1 is 1.62 bits per heavy atom. The van der Waals surface area contributed by atoms with Crippen molar-refractivity contribution in [2.75, 3.05) is 12.9 Å². The van der Waals surface area contributed by atoms with E-state index in [0.29, 0.717) is 5.75 Å². The molecule has 0 aliphatic heterocycles. The number of ether oxygens (including phenoxy) is 1. The molecule has 0 saturated heterocycles. The van der Waals surface area contributed by atoms with Gasteiger partial charge in [0.15, 0.2) is 0 Å². The van der Waals surface area contributed by atoms with Crippen LogP contribution in [0.15, 0.2) is 24.3 Å². The Balaban J connectivity index is 2.39. The zero-order valence-electron chi connectivity index (χ0n) is 9.14. The molecule has 0 aromatic heterocycles. The molecule has 88 valence electrons. The number of carbonyl (C=O) groups excluding carboxylic acids is 1. The lowest BCUT2D eigenvalue weighted by atomic mass is 10.2. The SMILES string of the molecule is COc1cccc(CSC[C@H]([NH3+])C(=O)[O-])c1. The lowest BCUT2D eigenvalue weighted by Crippen LogP contribution is -2.69. The third-order valence-electron chi connectivity index (χ3n) is 2.06. The highest BCUT2D eigenvalue weighted by molar-refractivity contribution is 7.98. The molecule has 1 atom stereocenters. The third-order valence-corrected chi connectivity index (χ3v) is 3.23. The van der Waals surface area contributed by atoms with E-state index in [1.165, 1.54) is 11.8 Å². The standard InChI is InChI=1S/C11H15NO3S/c1-15-9-4-2-3-8(5-9)6-16-7-10(12)11(13)14/h2-5,10H,6-7,12H2,1H3,(H,13,14)/t10-/m0/s1. The van der Waals surface area contributed by atoms with Gasteiger partial charge in [0.05, 0.1) is 18.8 Å². The highest BCUT2D eigenvalue weighted by Crippen LogP contribution is 2.17. The van der Waals surface area contributed by atoms with Crippen molar-refractivity contribution in [3.8, 4) is 5.75 Å². The number of thioether (sulfide) groups is 1. The van der Waals surface area contributed by atoms with Gasteiger partial charge < -0.3 is 20.4 Å². The van der Waals surface area contributed by atoms with Gasteiger partial charge in [0.2, 0.25) is 0 Å². The van der Waals surface area contributed by atoms with Crippen molar-refractivity contribution in [2.24, 2.45) is 0 Å². The average molecular weight is 241 g/mol. The third kappa shape index (κ3) is 4.12. The van der Waals surface area contributed by atoms with Crippen molar-refractivity contribution >= 4 is 17.7 Å². The van der Waals surface area contributed by atoms with E-state index < -0.39 is 12.0 Å². The molecule has 0 unspecified atom stereocenters. The minimum atomic E-state index is -1.10. The molecule has 0 fully saturated rings. The molecule has 0 aliphatic carbocycles. The lowest BCUT2D eigenvalue weighted by Gasteiger charge is -2.09. The van der Waals surface area contributed by atoms with E-state index in [-0.39, 0.29) is 0 Å². The van der Waals surface area contributed by atoms with Gasteiger partial charge in [-0.2, -0.15) is 11.8 Å². The molecule has 1 aromatic carbocycles. The number of aliphatic carboxylic acids is 1. The van der Waals surface area contributed by atoms with Gasteiger partial charge in [-0.25, -0.2) is 0 Å². The molecule has 0 bridgehead atoms. The van der Waals surface area contributed by atoms with Crippen LogP contribution in [0, 0.1) is 0 Å². The van der Waals surface area contributed by atoms with Gasteiger partial charge in [0.1, 0.15) is 11.8 Å². The van der Waals surface area contributed by atoms with Gasteiger partial charge in [-0.05, 0) is 17.7 Å². The number of hydrogen-bond acceptors (Lipinski definition) is 4. The number of carboxylic acid groups (broad SMARTS) is 1. The Morgan fingerprint density at radius 2 is 2.38 bits per heavy atom. The van der Waals surface area contributed by atoms with Crippen LogP contribution in [0.4, 0.5) is 0 Å². The van der Waals surface area contributed by atoms with E-state index in [1.807, 2.05) is 24.3 Å². The van der Waals surface area contributed by atoms with Crippen LogP contribution in [0.3, 0.4) is 0 Å². The maximum Gasteiger partial charge on any atom is 0.134 e. The summed E-state index contributed by atoms with van der Waals surface area (Å²) in [5, 5.41) is 10.4. The van der Waals surface area contributed by atoms with Crippen molar-refractivity contribution in [1.82, 2.24) is 0 Å². The molecular weight excluding hydrogens is 226 g/mol. The molecule has 5 heteroatoms. The van der Waals surface area contributed by atoms with Crippen molar-refractivity contribution < 1.29 is 20.4 Å². The molecular formula is C11H15NO3S. The highest BCUT2D eigenvalue weighted by Gasteiger charge is 2.06. The second-order valence-electron chi connectivity index (χ2n) is 3.38. The van der Waals surface area contributed by atoms with Crippen LogP contribution < -0.4 is 15.6 Å². The van der Waals surface area contributed by atoms with E-state index in [4.69, 9.17) is 4.74 Å². The summed E-state index contributed by atoms with van der Waals surface area (Å²) in [7, 11) is 1.62. The van der Waals surface area contributed by atoms with E-state index in [0.717, 1.165) is 17.1 Å². The van der Waals surface area contributed by atoms with Crippen molar-refractivity contribution in [2.45, 2.75) is 11.8 Å². The summed E-state index contributed by atoms with van der Waals surface area (Å²) >= 11 is 1.52. The summed E-state index contributed by atoms with van der Waals surface area (Å²) < 4.78 is 5.09. The van der Waals surface area contributed by atoms with Crippen molar-refractivity contribution in [1.29, 1.82) is 0 Å². The molecule has 4 nitrogen and oxygen atoms in total. The fourth-order valence-electron chi connectivity index (χ4n) is 1.15. The van der Waals surface area contributed by atoms with E-state index in [9.17, 15) is 9.90 Å². The molecule has 16 heavy (non-hydrogen) atoms. The number of carbonyl (C=O) groups is 1. The number of hydrogen-bond donors (Lipinski definition) is 1. The fraction of sp³-hybridized carbons (Fsp3) is 0.364. The normalized spacial score (nSPS) is 12.1. The first-order valence-electron chi connectivity index (χ1n) is 4.88. The van der Waals surface area contributed by atoms with Crippen LogP contribution in [-0.4, -0.2) is 24.9 Å². The molecule has 0 spiro atoms. The highest BCUT2D eigenvalue weighted by atomic mass is 32.2. The molecule has 0 heterocycles. The van der Waals surface area contributed by atoms with Crippen LogP contribution >= 0.6 is 11.8 Å². The summed E-state index contributed by atoms with van der Waals surface area (Å²) in [5.74, 6) is 0.915. The number of quaternary nitrogens is 1. The summed E-state index contributed by atoms with van der Waals surface area (Å²) in [4.78, 5) is 10.4. The van der Waals surface area contributed by atoms with Gasteiger partial charge >= 0.3 is 0 Å². The monoisotopic (exact) mass is 241 g/mol. The van der Waals surface area contributed by atoms with E-state index in [2.05, 4.69) is 5.73 Å². The Kier molecular flexibility index (Phi) is 5.14. The number of carboxylic acids is 1. The zero-order chi connectivity index (χ0) is 12.0. The van der Waals surface area contributed by atoms with Crippen LogP contribution in [0.25, 0.3) is 0 Å². The maximum absolute atomic E-state index is 10.4. The first-order valence-corrected chi connectivity index (χ1v) is 6.03. The van der Waals surface area contributed by atoms with Crippen LogP contribution in [-0.2, 0) is 10.5 Å². The van der Waals surface area contributed by atoms with E-state index >= 15 is 0 Å². The molecule has 1 rings (SSSR count). The van der Waals surface area contributed by atoms with Gasteiger partial charge in [0, 0.05) is 5.75 Å². The minimum Gasteiger partial charge on any atom is -0.544 e. The topological polar surface area (TPSA) is 77.0 Å². The van der Waals surface area contributed by atoms with Crippen molar-refractivity contribution in [3.63, 3.8) is 0 Å². The summed E-state index contributed by atoms with van der Waals surface area (Å²) in [6, 6.07) is 7.04. The number of rotatable bonds is 6. The second kappa shape index (κ2) is 6.40. The number of benzene rings is 1. The molecule has 3 N–H and O–H groups in total. The van der Waals surface area contributed by atoms with Crippen LogP contribution in [0.5, 0.6) is 5.75 Å². The van der Waals surface area contributed by atoms with E-state index in [1.54, 1.807) is 7.11 Å². The Labute approximate surface area is 98.8 Å². The first kappa shape index (κ1) is 12.9. The molecule has 0 radical (unpaired) electrons. The van der Waals surface area contributed by atoms with Crippen LogP contribution in [0.2, 0.25) is 0 Å². The zero-order valence-corrected chi connectivity index (χ0v) is 9.96. The van der Waals surface area contributed by atoms with Gasteiger partial charge in [0.25, 0.3) is 0 Å². The summed E-state index contributed by atoms with van der Waals surface area (Å²) in [5.41, 5.74) is 4.60. The molecule has 1 aromatic rings. The largest absolute Gasteiger partial charge is 0.544 e. The lowest BCUT2D eigenvalue weighted by molar-refractivity contribution is -0.431. The second-order valence-corrected chi connectivity index (χ2v) is 4.41. The van der Waals surface area contributed by atoms with Gasteiger partial charge in [-0.1, -0.05) is 12.1 Å². The number of methoxy groups -OCH3 is 1. The van der Waals surface area contributed by atoms with Gasteiger partial charge in [-0.15, -0.1) is 0 Å². The predicted octanol–water partition coefficient (Wildman–Crippen LogP) is -0.711. The summed E-state index contributed by atoms with van der Waals surface area (Å²) in [6.45, 7) is 0. The Hall–Kier alpha value is -1.20. The first-order chi connectivity index (χ1) is 7.63. The molecule has 0 amide bonds. The quantitative estimate of drug-likeness (QED) is 0.713. The smallest absolute Gasteiger partial charge is 0.134 e. The average Bonchev–Trinajstić information content (AvgIpc) is 2.29. The summed E-state index contributed by atoms with van der Waals surface area (Å²) in [6.07, 6.45) is 0.